The van der Waals surface area contributed by atoms with Gasteiger partial charge in [0, 0.05) is 24.5 Å². The third kappa shape index (κ3) is 4.66. The van der Waals surface area contributed by atoms with Crippen molar-refractivity contribution >= 4 is 17.3 Å². The monoisotopic (exact) mass is 421 g/mol. The van der Waals surface area contributed by atoms with Crippen molar-refractivity contribution in [2.24, 2.45) is 0 Å². The Bertz CT molecular complexity index is 1020. The summed E-state index contributed by atoms with van der Waals surface area (Å²) in [6, 6.07) is 10.5. The van der Waals surface area contributed by atoms with Crippen LogP contribution in [0.4, 0.5) is 11.4 Å². The molecule has 31 heavy (non-hydrogen) atoms. The van der Waals surface area contributed by atoms with Gasteiger partial charge in [0.05, 0.1) is 36.8 Å². The van der Waals surface area contributed by atoms with E-state index in [-0.39, 0.29) is 5.91 Å². The summed E-state index contributed by atoms with van der Waals surface area (Å²) in [5.74, 6) is 0.502. The van der Waals surface area contributed by atoms with Crippen LogP contribution < -0.4 is 10.2 Å². The Balaban J connectivity index is 1.41. The Hall–Kier alpha value is -3.06. The first kappa shape index (κ1) is 21.2. The average molecular weight is 422 g/mol. The number of aromatic nitrogens is 2. The quantitative estimate of drug-likeness (QED) is 0.565. The lowest BCUT2D eigenvalue weighted by Gasteiger charge is -2.24. The van der Waals surface area contributed by atoms with Gasteiger partial charge in [0.2, 0.25) is 0 Å². The molecule has 7 heteroatoms. The fourth-order valence-corrected chi connectivity index (χ4v) is 4.22. The Morgan fingerprint density at radius 3 is 2.87 bits per heavy atom. The van der Waals surface area contributed by atoms with E-state index in [9.17, 15) is 4.79 Å². The molecule has 3 aromatic rings. The summed E-state index contributed by atoms with van der Waals surface area (Å²) in [7, 11) is 0. The van der Waals surface area contributed by atoms with Gasteiger partial charge in [-0.05, 0) is 44.1 Å². The minimum absolute atomic E-state index is 0.174. The van der Waals surface area contributed by atoms with Gasteiger partial charge in [0.25, 0.3) is 5.91 Å². The average Bonchev–Trinajstić information content (AvgIpc) is 3.49. The lowest BCUT2D eigenvalue weighted by atomic mass is 10.1. The maximum atomic E-state index is 12.9. The van der Waals surface area contributed by atoms with Crippen molar-refractivity contribution in [3.63, 3.8) is 0 Å². The molecule has 1 unspecified atom stereocenters. The standard InChI is InChI=1S/C24H31N5O2/c1-4-27(5-2)11-12-28-16-20(15-25-28)26-24(30)21-10-13-31-23(21)17-29-18(3)14-19-8-6-7-9-22(19)29/h6-10,13,15-16,18H,4-5,11-12,14,17H2,1-3H3,(H,26,30). The molecular weight excluding hydrogens is 390 g/mol. The number of nitrogens with zero attached hydrogens (tertiary/aromatic N) is 4. The van der Waals surface area contributed by atoms with Crippen LogP contribution in [0.2, 0.25) is 0 Å². The van der Waals surface area contributed by atoms with Crippen molar-refractivity contribution in [3.8, 4) is 0 Å². The maximum absolute atomic E-state index is 12.9. The van der Waals surface area contributed by atoms with Gasteiger partial charge in [-0.25, -0.2) is 0 Å². The highest BCUT2D eigenvalue weighted by Crippen LogP contribution is 2.33. The van der Waals surface area contributed by atoms with E-state index in [1.165, 1.54) is 11.3 Å². The van der Waals surface area contributed by atoms with Gasteiger partial charge in [-0.15, -0.1) is 0 Å². The number of hydrogen-bond donors (Lipinski definition) is 1. The van der Waals surface area contributed by atoms with Crippen LogP contribution in [0.1, 0.15) is 42.5 Å². The normalized spacial score (nSPS) is 15.5. The Labute approximate surface area is 183 Å². The summed E-state index contributed by atoms with van der Waals surface area (Å²) in [6.45, 7) is 10.8. The molecule has 0 radical (unpaired) electrons. The van der Waals surface area contributed by atoms with Gasteiger partial charge in [-0.1, -0.05) is 32.0 Å². The second-order valence-corrected chi connectivity index (χ2v) is 8.04. The molecule has 1 atom stereocenters. The fourth-order valence-electron chi connectivity index (χ4n) is 4.22. The van der Waals surface area contributed by atoms with Crippen LogP contribution in [0.15, 0.2) is 53.4 Å². The number of likely N-dealkylation sites (N-methyl/N-ethyl adjacent to an activating group) is 1. The number of benzene rings is 1. The summed E-state index contributed by atoms with van der Waals surface area (Å²) in [5, 5.41) is 7.34. The highest BCUT2D eigenvalue weighted by atomic mass is 16.3. The number of anilines is 2. The van der Waals surface area contributed by atoms with E-state index in [1.807, 2.05) is 10.9 Å². The largest absolute Gasteiger partial charge is 0.467 e. The van der Waals surface area contributed by atoms with Crippen LogP contribution >= 0.6 is 0 Å². The maximum Gasteiger partial charge on any atom is 0.259 e. The Morgan fingerprint density at radius 1 is 1.26 bits per heavy atom. The molecule has 4 rings (SSSR count). The zero-order chi connectivity index (χ0) is 21.8. The molecule has 0 spiro atoms. The Kier molecular flexibility index (Phi) is 6.42. The molecule has 1 aliphatic rings. The molecule has 1 aliphatic heterocycles. The number of carbonyl (C=O) groups is 1. The molecule has 7 nitrogen and oxygen atoms in total. The number of hydrogen-bond acceptors (Lipinski definition) is 5. The van der Waals surface area contributed by atoms with E-state index < -0.39 is 0 Å². The number of para-hydroxylation sites is 1. The second-order valence-electron chi connectivity index (χ2n) is 8.04. The van der Waals surface area contributed by atoms with Gasteiger partial charge >= 0.3 is 0 Å². The van der Waals surface area contributed by atoms with Crippen LogP contribution in [0.5, 0.6) is 0 Å². The fraction of sp³-hybridized carbons (Fsp3) is 0.417. The van der Waals surface area contributed by atoms with E-state index in [0.717, 1.165) is 32.6 Å². The molecule has 164 valence electrons. The molecule has 0 bridgehead atoms. The minimum Gasteiger partial charge on any atom is -0.467 e. The molecule has 0 saturated carbocycles. The van der Waals surface area contributed by atoms with E-state index in [1.54, 1.807) is 18.5 Å². The van der Waals surface area contributed by atoms with Gasteiger partial charge in [-0.3, -0.25) is 9.48 Å². The SMILES string of the molecule is CCN(CC)CCn1cc(NC(=O)c2ccoc2CN2c3ccccc3CC2C)cn1. The summed E-state index contributed by atoms with van der Waals surface area (Å²) >= 11 is 0. The first-order valence-corrected chi connectivity index (χ1v) is 11.1. The molecule has 1 N–H and O–H groups in total. The lowest BCUT2D eigenvalue weighted by Crippen LogP contribution is -2.29. The highest BCUT2D eigenvalue weighted by Gasteiger charge is 2.28. The first-order valence-electron chi connectivity index (χ1n) is 11.1. The lowest BCUT2D eigenvalue weighted by molar-refractivity contribution is 0.102. The Morgan fingerprint density at radius 2 is 2.06 bits per heavy atom. The van der Waals surface area contributed by atoms with Crippen LogP contribution in [0.3, 0.4) is 0 Å². The molecule has 0 aliphatic carbocycles. The molecule has 3 heterocycles. The minimum atomic E-state index is -0.174. The van der Waals surface area contributed by atoms with Crippen LogP contribution in [0, 0.1) is 0 Å². The van der Waals surface area contributed by atoms with Gasteiger partial charge in [0.15, 0.2) is 0 Å². The number of furan rings is 1. The molecule has 0 saturated heterocycles. The van der Waals surface area contributed by atoms with Crippen molar-refractivity contribution in [2.75, 3.05) is 29.9 Å². The van der Waals surface area contributed by atoms with E-state index in [4.69, 9.17) is 4.42 Å². The number of amides is 1. The zero-order valence-corrected chi connectivity index (χ0v) is 18.5. The van der Waals surface area contributed by atoms with E-state index in [2.05, 4.69) is 65.3 Å². The van der Waals surface area contributed by atoms with Crippen molar-refractivity contribution in [1.29, 1.82) is 0 Å². The molecule has 0 fully saturated rings. The number of carbonyl (C=O) groups excluding carboxylic acids is 1. The first-order chi connectivity index (χ1) is 15.1. The number of nitrogens with one attached hydrogen (secondary N) is 1. The predicted molar refractivity (Wildman–Crippen MR) is 122 cm³/mol. The number of rotatable bonds is 9. The van der Waals surface area contributed by atoms with Crippen LogP contribution in [-0.2, 0) is 19.5 Å². The van der Waals surface area contributed by atoms with Crippen molar-refractivity contribution in [1.82, 2.24) is 14.7 Å². The number of fused-ring (bicyclic) bond motifs is 1. The van der Waals surface area contributed by atoms with Gasteiger partial charge in [-0.2, -0.15) is 5.10 Å². The summed E-state index contributed by atoms with van der Waals surface area (Å²) in [5.41, 5.74) is 3.81. The smallest absolute Gasteiger partial charge is 0.259 e. The molecular formula is C24H31N5O2. The predicted octanol–water partition coefficient (Wildman–Crippen LogP) is 4.02. The summed E-state index contributed by atoms with van der Waals surface area (Å²) in [6.07, 6.45) is 6.16. The topological polar surface area (TPSA) is 66.5 Å². The van der Waals surface area contributed by atoms with Crippen LogP contribution in [-0.4, -0.2) is 46.3 Å². The van der Waals surface area contributed by atoms with Crippen molar-refractivity contribution in [3.05, 3.63) is 65.9 Å². The molecule has 1 amide bonds. The summed E-state index contributed by atoms with van der Waals surface area (Å²) in [4.78, 5) is 17.6. The summed E-state index contributed by atoms with van der Waals surface area (Å²) < 4.78 is 7.58. The van der Waals surface area contributed by atoms with Crippen molar-refractivity contribution < 1.29 is 9.21 Å². The third-order valence-corrected chi connectivity index (χ3v) is 6.08. The highest BCUT2D eigenvalue weighted by molar-refractivity contribution is 6.04. The zero-order valence-electron chi connectivity index (χ0n) is 18.5. The van der Waals surface area contributed by atoms with E-state index >= 15 is 0 Å². The van der Waals surface area contributed by atoms with Gasteiger partial charge < -0.3 is 19.5 Å². The van der Waals surface area contributed by atoms with E-state index in [0.29, 0.717) is 29.6 Å². The molecule has 2 aromatic heterocycles. The second kappa shape index (κ2) is 9.39. The third-order valence-electron chi connectivity index (χ3n) is 6.08. The molecule has 1 aromatic carbocycles. The van der Waals surface area contributed by atoms with Crippen molar-refractivity contribution in [2.45, 2.75) is 46.3 Å². The van der Waals surface area contributed by atoms with Gasteiger partial charge in [0.1, 0.15) is 5.76 Å². The van der Waals surface area contributed by atoms with Crippen LogP contribution in [0.25, 0.3) is 0 Å².